The lowest BCUT2D eigenvalue weighted by atomic mass is 10.3. The third kappa shape index (κ3) is 3.22. The van der Waals surface area contributed by atoms with Crippen molar-refractivity contribution in [2.45, 2.75) is 33.4 Å². The van der Waals surface area contributed by atoms with Crippen LogP contribution in [0.4, 0.5) is 0 Å². The van der Waals surface area contributed by atoms with Gasteiger partial charge in [0.15, 0.2) is 0 Å². The second kappa shape index (κ2) is 6.79. The summed E-state index contributed by atoms with van der Waals surface area (Å²) >= 11 is 0. The number of nitrogens with one attached hydrogen (secondary N) is 1. The number of hydrogen-bond donors (Lipinski definition) is 1. The Balaban J connectivity index is 2.36. The lowest BCUT2D eigenvalue weighted by molar-refractivity contribution is 0.589. The van der Waals surface area contributed by atoms with Crippen LogP contribution in [-0.2, 0) is 19.7 Å². The summed E-state index contributed by atoms with van der Waals surface area (Å²) < 4.78 is 52.0. The van der Waals surface area contributed by atoms with Crippen LogP contribution in [0.5, 0.6) is 0 Å². The van der Waals surface area contributed by atoms with Gasteiger partial charge in [0.25, 0.3) is 0 Å². The maximum atomic E-state index is 13.1. The zero-order valence-electron chi connectivity index (χ0n) is 14.6. The molecule has 8 heteroatoms. The SMILES string of the molecule is Cc1[nH]c(C)c(S(=O)(=O)c2ccccc2)c(=O)c1S(=O)(=O)c1ccccc1. The molecule has 2 aromatic carbocycles. The molecule has 0 aliphatic heterocycles. The summed E-state index contributed by atoms with van der Waals surface area (Å²) in [5.41, 5.74) is -0.849. The van der Waals surface area contributed by atoms with E-state index in [1.807, 2.05) is 0 Å². The van der Waals surface area contributed by atoms with Gasteiger partial charge in [0.05, 0.1) is 9.79 Å². The molecule has 0 radical (unpaired) electrons. The maximum absolute atomic E-state index is 13.1. The van der Waals surface area contributed by atoms with Crippen molar-refractivity contribution in [3.05, 3.63) is 82.3 Å². The Morgan fingerprint density at radius 3 is 1.30 bits per heavy atom. The maximum Gasteiger partial charge on any atom is 0.220 e. The molecule has 0 amide bonds. The first-order valence-corrected chi connectivity index (χ1v) is 11.0. The monoisotopic (exact) mass is 403 g/mol. The van der Waals surface area contributed by atoms with Gasteiger partial charge >= 0.3 is 0 Å². The summed E-state index contributed by atoms with van der Waals surface area (Å²) in [6.45, 7) is 2.87. The number of hydrogen-bond acceptors (Lipinski definition) is 5. The van der Waals surface area contributed by atoms with Crippen molar-refractivity contribution in [3.63, 3.8) is 0 Å². The van der Waals surface area contributed by atoms with E-state index >= 15 is 0 Å². The third-order valence-electron chi connectivity index (χ3n) is 4.11. The van der Waals surface area contributed by atoms with Gasteiger partial charge in [-0.15, -0.1) is 0 Å². The van der Waals surface area contributed by atoms with E-state index in [1.54, 1.807) is 12.1 Å². The number of pyridine rings is 1. The molecule has 3 aromatic rings. The molecule has 6 nitrogen and oxygen atoms in total. The second-order valence-corrected chi connectivity index (χ2v) is 9.77. The van der Waals surface area contributed by atoms with E-state index in [2.05, 4.69) is 4.98 Å². The van der Waals surface area contributed by atoms with Gasteiger partial charge in [-0.2, -0.15) is 0 Å². The van der Waals surface area contributed by atoms with Crippen molar-refractivity contribution in [1.29, 1.82) is 0 Å². The van der Waals surface area contributed by atoms with E-state index in [9.17, 15) is 21.6 Å². The predicted molar refractivity (Wildman–Crippen MR) is 100 cm³/mol. The molecule has 1 aromatic heterocycles. The van der Waals surface area contributed by atoms with Gasteiger partial charge in [-0.25, -0.2) is 16.8 Å². The molecule has 1 N–H and O–H groups in total. The zero-order chi connectivity index (χ0) is 19.8. The van der Waals surface area contributed by atoms with Crippen LogP contribution in [0.1, 0.15) is 11.4 Å². The zero-order valence-corrected chi connectivity index (χ0v) is 16.3. The van der Waals surface area contributed by atoms with Gasteiger partial charge < -0.3 is 4.98 Å². The summed E-state index contributed by atoms with van der Waals surface area (Å²) in [5, 5.41) is 0. The van der Waals surface area contributed by atoms with E-state index in [0.717, 1.165) is 0 Å². The first-order valence-electron chi connectivity index (χ1n) is 8.01. The molecule has 0 bridgehead atoms. The fourth-order valence-electron chi connectivity index (χ4n) is 2.92. The molecule has 0 unspecified atom stereocenters. The predicted octanol–water partition coefficient (Wildman–Crippen LogP) is 2.66. The standard InChI is InChI=1S/C19H17NO5S2/c1-13-18(26(22,23)15-9-5-3-6-10-15)17(21)19(14(2)20-13)27(24,25)16-11-7-4-8-12-16/h3-12H,1-2H3,(H,20,21). The van der Waals surface area contributed by atoms with Crippen LogP contribution < -0.4 is 5.43 Å². The van der Waals surface area contributed by atoms with Crippen LogP contribution in [0.25, 0.3) is 0 Å². The largest absolute Gasteiger partial charge is 0.360 e. The molecule has 0 saturated carbocycles. The molecule has 3 rings (SSSR count). The number of aromatic amines is 1. The molecule has 0 saturated heterocycles. The van der Waals surface area contributed by atoms with Crippen molar-refractivity contribution in [3.8, 4) is 0 Å². The smallest absolute Gasteiger partial charge is 0.220 e. The molecule has 140 valence electrons. The van der Waals surface area contributed by atoms with Gasteiger partial charge in [-0.1, -0.05) is 36.4 Å². The van der Waals surface area contributed by atoms with Crippen LogP contribution >= 0.6 is 0 Å². The highest BCUT2D eigenvalue weighted by Gasteiger charge is 2.31. The molecule has 0 spiro atoms. The number of benzene rings is 2. The normalized spacial score (nSPS) is 12.1. The summed E-state index contributed by atoms with van der Waals surface area (Å²) in [5.74, 6) is 0. The van der Waals surface area contributed by atoms with E-state index in [4.69, 9.17) is 0 Å². The van der Waals surface area contributed by atoms with Crippen LogP contribution in [0.2, 0.25) is 0 Å². The quantitative estimate of drug-likeness (QED) is 0.722. The highest BCUT2D eigenvalue weighted by molar-refractivity contribution is 7.92. The summed E-state index contributed by atoms with van der Waals surface area (Å²) in [6.07, 6.45) is 0. The van der Waals surface area contributed by atoms with Crippen LogP contribution in [0.15, 0.2) is 85.0 Å². The molecular weight excluding hydrogens is 386 g/mol. The Bertz CT molecular complexity index is 1160. The molecule has 0 aliphatic rings. The van der Waals surface area contributed by atoms with Gasteiger partial charge in [0.1, 0.15) is 9.79 Å². The minimum atomic E-state index is -4.19. The average Bonchev–Trinajstić information content (AvgIpc) is 2.62. The minimum Gasteiger partial charge on any atom is -0.360 e. The Morgan fingerprint density at radius 1 is 0.630 bits per heavy atom. The van der Waals surface area contributed by atoms with Gasteiger partial charge in [0, 0.05) is 11.4 Å². The van der Waals surface area contributed by atoms with Gasteiger partial charge in [-0.05, 0) is 38.1 Å². The van der Waals surface area contributed by atoms with E-state index in [1.165, 1.54) is 62.4 Å². The summed E-state index contributed by atoms with van der Waals surface area (Å²) in [6, 6.07) is 14.9. The Morgan fingerprint density at radius 2 is 0.963 bits per heavy atom. The average molecular weight is 403 g/mol. The number of sulfone groups is 2. The van der Waals surface area contributed by atoms with Crippen molar-refractivity contribution in [2.24, 2.45) is 0 Å². The van der Waals surface area contributed by atoms with Gasteiger partial charge in [0.2, 0.25) is 25.1 Å². The Hall–Kier alpha value is -2.71. The molecule has 27 heavy (non-hydrogen) atoms. The fraction of sp³-hybridized carbons (Fsp3) is 0.105. The molecule has 0 aliphatic carbocycles. The first kappa shape index (κ1) is 19.1. The molecular formula is C19H17NO5S2. The number of rotatable bonds is 4. The number of H-pyrrole nitrogens is 1. The van der Waals surface area contributed by atoms with Crippen LogP contribution in [-0.4, -0.2) is 21.8 Å². The number of aromatic nitrogens is 1. The summed E-state index contributed by atoms with van der Waals surface area (Å²) in [7, 11) is -8.38. The fourth-order valence-corrected chi connectivity index (χ4v) is 6.09. The van der Waals surface area contributed by atoms with Crippen molar-refractivity contribution < 1.29 is 16.8 Å². The van der Waals surface area contributed by atoms with E-state index in [-0.39, 0.29) is 21.2 Å². The van der Waals surface area contributed by atoms with Crippen LogP contribution in [0.3, 0.4) is 0 Å². The highest BCUT2D eigenvalue weighted by atomic mass is 32.2. The molecule has 1 heterocycles. The topological polar surface area (TPSA) is 101 Å². The highest BCUT2D eigenvalue weighted by Crippen LogP contribution is 2.25. The Labute approximate surface area is 157 Å². The number of aryl methyl sites for hydroxylation is 2. The molecule has 0 fully saturated rings. The van der Waals surface area contributed by atoms with Crippen molar-refractivity contribution in [1.82, 2.24) is 4.98 Å². The van der Waals surface area contributed by atoms with E-state index in [0.29, 0.717) is 0 Å². The van der Waals surface area contributed by atoms with Crippen LogP contribution in [0, 0.1) is 13.8 Å². The minimum absolute atomic E-state index is 0.0782. The third-order valence-corrected chi connectivity index (χ3v) is 7.96. The lowest BCUT2D eigenvalue weighted by Gasteiger charge is -2.13. The second-order valence-electron chi connectivity index (χ2n) is 6.00. The summed E-state index contributed by atoms with van der Waals surface area (Å²) in [4.78, 5) is 14.5. The molecule has 0 atom stereocenters. The van der Waals surface area contributed by atoms with Crippen molar-refractivity contribution >= 4 is 19.7 Å². The van der Waals surface area contributed by atoms with Crippen molar-refractivity contribution in [2.75, 3.05) is 0 Å². The lowest BCUT2D eigenvalue weighted by Crippen LogP contribution is -2.26. The first-order chi connectivity index (χ1) is 12.7. The Kier molecular flexibility index (Phi) is 4.79. The van der Waals surface area contributed by atoms with Gasteiger partial charge in [-0.3, -0.25) is 4.79 Å². The van der Waals surface area contributed by atoms with E-state index < -0.39 is 34.9 Å².